The fourth-order valence-electron chi connectivity index (χ4n) is 1.90. The molecule has 2 N–H and O–H groups in total. The molecule has 0 aliphatic carbocycles. The van der Waals surface area contributed by atoms with Crippen LogP contribution in [0.25, 0.3) is 10.8 Å². The summed E-state index contributed by atoms with van der Waals surface area (Å²) in [5.74, 6) is -1.28. The molecule has 21 heavy (non-hydrogen) atoms. The molecule has 0 aliphatic heterocycles. The number of carboxylic acids is 1. The first-order valence-electron chi connectivity index (χ1n) is 6.51. The minimum absolute atomic E-state index is 0.00550. The van der Waals surface area contributed by atoms with Gasteiger partial charge in [-0.15, -0.1) is 0 Å². The van der Waals surface area contributed by atoms with Gasteiger partial charge in [-0.25, -0.2) is 4.68 Å². The molecule has 0 radical (unpaired) electrons. The highest BCUT2D eigenvalue weighted by Gasteiger charge is 2.08. The number of carbonyl (C=O) groups excluding carboxylic acids is 1. The monoisotopic (exact) mass is 289 g/mol. The Labute approximate surface area is 120 Å². The van der Waals surface area contributed by atoms with Crippen molar-refractivity contribution in [3.63, 3.8) is 0 Å². The van der Waals surface area contributed by atoms with Crippen LogP contribution in [0, 0.1) is 0 Å². The van der Waals surface area contributed by atoms with E-state index in [1.165, 1.54) is 6.20 Å². The second-order valence-corrected chi connectivity index (χ2v) is 4.54. The molecule has 0 unspecified atom stereocenters. The van der Waals surface area contributed by atoms with Gasteiger partial charge >= 0.3 is 5.97 Å². The molecular formula is C14H15N3O4. The maximum absolute atomic E-state index is 12.1. The van der Waals surface area contributed by atoms with Crippen molar-refractivity contribution < 1.29 is 14.7 Å². The number of aliphatic carboxylic acids is 1. The zero-order chi connectivity index (χ0) is 15.2. The first-order chi connectivity index (χ1) is 10.1. The van der Waals surface area contributed by atoms with Gasteiger partial charge in [0.1, 0.15) is 6.54 Å². The fourth-order valence-corrected chi connectivity index (χ4v) is 1.90. The number of hydrogen-bond acceptors (Lipinski definition) is 4. The van der Waals surface area contributed by atoms with Crippen molar-refractivity contribution in [1.29, 1.82) is 0 Å². The van der Waals surface area contributed by atoms with Gasteiger partial charge < -0.3 is 10.4 Å². The molecule has 2 aromatic rings. The average molecular weight is 289 g/mol. The van der Waals surface area contributed by atoms with Gasteiger partial charge in [0.05, 0.1) is 11.6 Å². The van der Waals surface area contributed by atoms with Crippen LogP contribution in [0.5, 0.6) is 0 Å². The van der Waals surface area contributed by atoms with Gasteiger partial charge in [-0.05, 0) is 12.5 Å². The molecule has 1 amide bonds. The number of nitrogens with one attached hydrogen (secondary N) is 1. The molecule has 110 valence electrons. The minimum atomic E-state index is -0.906. The number of fused-ring (bicyclic) bond motifs is 1. The number of hydrogen-bond donors (Lipinski definition) is 2. The molecule has 0 spiro atoms. The van der Waals surface area contributed by atoms with E-state index in [0.29, 0.717) is 11.8 Å². The van der Waals surface area contributed by atoms with Crippen LogP contribution < -0.4 is 10.9 Å². The molecule has 0 fully saturated rings. The summed E-state index contributed by atoms with van der Waals surface area (Å²) in [6.45, 7) is 0.0736. The lowest BCUT2D eigenvalue weighted by Gasteiger charge is -2.07. The van der Waals surface area contributed by atoms with E-state index < -0.39 is 5.97 Å². The molecular weight excluding hydrogens is 274 g/mol. The summed E-state index contributed by atoms with van der Waals surface area (Å²) in [5, 5.41) is 16.2. The highest BCUT2D eigenvalue weighted by molar-refractivity contribution is 5.81. The van der Waals surface area contributed by atoms with Crippen molar-refractivity contribution in [2.45, 2.75) is 19.4 Å². The Bertz CT molecular complexity index is 723. The van der Waals surface area contributed by atoms with Crippen molar-refractivity contribution >= 4 is 22.6 Å². The van der Waals surface area contributed by atoms with Crippen molar-refractivity contribution in [2.75, 3.05) is 6.54 Å². The summed E-state index contributed by atoms with van der Waals surface area (Å²) in [5.41, 5.74) is -0.325. The zero-order valence-corrected chi connectivity index (χ0v) is 11.3. The van der Waals surface area contributed by atoms with Gasteiger partial charge in [0.25, 0.3) is 5.56 Å². The van der Waals surface area contributed by atoms with Crippen molar-refractivity contribution in [1.82, 2.24) is 15.1 Å². The lowest BCUT2D eigenvalue weighted by Crippen LogP contribution is -2.34. The highest BCUT2D eigenvalue weighted by Crippen LogP contribution is 2.06. The molecule has 1 aromatic heterocycles. The standard InChI is InChI=1S/C14H15N3O4/c18-12(15-7-3-6-13(19)20)9-17-14(21)11-5-2-1-4-10(11)8-16-17/h1-2,4-5,8H,3,6-7,9H2,(H,15,18)(H,19,20). The second-order valence-electron chi connectivity index (χ2n) is 4.54. The Balaban J connectivity index is 2.00. The maximum atomic E-state index is 12.1. The van der Waals surface area contributed by atoms with E-state index in [2.05, 4.69) is 10.4 Å². The summed E-state index contributed by atoms with van der Waals surface area (Å²) in [7, 11) is 0. The van der Waals surface area contributed by atoms with Gasteiger partial charge in [0.15, 0.2) is 0 Å². The predicted octanol–water partition coefficient (Wildman–Crippen LogP) is 0.378. The quantitative estimate of drug-likeness (QED) is 0.748. The Morgan fingerprint density at radius 2 is 2.05 bits per heavy atom. The number of carbonyl (C=O) groups is 2. The molecule has 7 nitrogen and oxygen atoms in total. The molecule has 7 heteroatoms. The highest BCUT2D eigenvalue weighted by atomic mass is 16.4. The number of aromatic nitrogens is 2. The van der Waals surface area contributed by atoms with Crippen LogP contribution in [0.3, 0.4) is 0 Å². The number of benzene rings is 1. The number of amides is 1. The Morgan fingerprint density at radius 1 is 1.29 bits per heavy atom. The number of carboxylic acid groups (broad SMARTS) is 1. The van der Waals surface area contributed by atoms with Gasteiger partial charge in [-0.1, -0.05) is 18.2 Å². The maximum Gasteiger partial charge on any atom is 0.303 e. The molecule has 1 aromatic carbocycles. The molecule has 0 bridgehead atoms. The van der Waals surface area contributed by atoms with Crippen molar-refractivity contribution in [3.05, 3.63) is 40.8 Å². The summed E-state index contributed by atoms with van der Waals surface area (Å²) < 4.78 is 1.09. The van der Waals surface area contributed by atoms with Crippen LogP contribution >= 0.6 is 0 Å². The van der Waals surface area contributed by atoms with Gasteiger partial charge in [-0.2, -0.15) is 5.10 Å². The first kappa shape index (κ1) is 14.7. The fraction of sp³-hybridized carbons (Fsp3) is 0.286. The summed E-state index contributed by atoms with van der Waals surface area (Å²) >= 11 is 0. The van der Waals surface area contributed by atoms with Crippen LogP contribution in [0.15, 0.2) is 35.3 Å². The molecule has 0 saturated carbocycles. The predicted molar refractivity (Wildman–Crippen MR) is 75.9 cm³/mol. The van der Waals surface area contributed by atoms with E-state index in [4.69, 9.17) is 5.11 Å². The van der Waals surface area contributed by atoms with Crippen LogP contribution in [-0.4, -0.2) is 33.3 Å². The Kier molecular flexibility index (Phi) is 4.65. The number of nitrogens with zero attached hydrogens (tertiary/aromatic N) is 2. The van der Waals surface area contributed by atoms with Crippen LogP contribution in [0.2, 0.25) is 0 Å². The smallest absolute Gasteiger partial charge is 0.303 e. The van der Waals surface area contributed by atoms with Crippen molar-refractivity contribution in [3.8, 4) is 0 Å². The third kappa shape index (κ3) is 3.88. The van der Waals surface area contributed by atoms with Crippen LogP contribution in [0.1, 0.15) is 12.8 Å². The van der Waals surface area contributed by atoms with E-state index in [0.717, 1.165) is 10.1 Å². The average Bonchev–Trinajstić information content (AvgIpc) is 2.47. The molecule has 0 aliphatic rings. The molecule has 0 saturated heterocycles. The normalized spacial score (nSPS) is 10.5. The summed E-state index contributed by atoms with van der Waals surface area (Å²) in [6, 6.07) is 7.02. The zero-order valence-electron chi connectivity index (χ0n) is 11.3. The number of rotatable bonds is 6. The molecule has 1 heterocycles. The third-order valence-electron chi connectivity index (χ3n) is 2.94. The lowest BCUT2D eigenvalue weighted by molar-refractivity contribution is -0.137. The first-order valence-corrected chi connectivity index (χ1v) is 6.51. The van der Waals surface area contributed by atoms with E-state index in [-0.39, 0.29) is 31.0 Å². The van der Waals surface area contributed by atoms with Crippen LogP contribution in [-0.2, 0) is 16.1 Å². The largest absolute Gasteiger partial charge is 0.481 e. The topological polar surface area (TPSA) is 101 Å². The van der Waals surface area contributed by atoms with E-state index in [1.807, 2.05) is 6.07 Å². The van der Waals surface area contributed by atoms with Crippen LogP contribution in [0.4, 0.5) is 0 Å². The van der Waals surface area contributed by atoms with Gasteiger partial charge in [-0.3, -0.25) is 14.4 Å². The molecule has 2 rings (SSSR count). The minimum Gasteiger partial charge on any atom is -0.481 e. The van der Waals surface area contributed by atoms with E-state index >= 15 is 0 Å². The van der Waals surface area contributed by atoms with E-state index in [1.54, 1.807) is 18.2 Å². The van der Waals surface area contributed by atoms with E-state index in [9.17, 15) is 14.4 Å². The van der Waals surface area contributed by atoms with Crippen molar-refractivity contribution in [2.24, 2.45) is 0 Å². The molecule has 0 atom stereocenters. The Hall–Kier alpha value is -2.70. The second kappa shape index (κ2) is 6.65. The Morgan fingerprint density at radius 3 is 2.81 bits per heavy atom. The van der Waals surface area contributed by atoms with Gasteiger partial charge in [0.2, 0.25) is 5.91 Å². The lowest BCUT2D eigenvalue weighted by atomic mass is 10.2. The SMILES string of the molecule is O=C(O)CCCNC(=O)Cn1ncc2ccccc2c1=O. The summed E-state index contributed by atoms with van der Waals surface area (Å²) in [4.78, 5) is 34.1. The van der Waals surface area contributed by atoms with Gasteiger partial charge in [0, 0.05) is 18.4 Å². The summed E-state index contributed by atoms with van der Waals surface area (Å²) in [6.07, 6.45) is 1.88. The third-order valence-corrected chi connectivity index (χ3v) is 2.94.